The van der Waals surface area contributed by atoms with Gasteiger partial charge in [-0.2, -0.15) is 0 Å². The Kier molecular flexibility index (Phi) is 51.8. The number of hydrogen-bond donors (Lipinski definition) is 3. The fourth-order valence-corrected chi connectivity index (χ4v) is 10.3. The average molecular weight is 1160 g/mol. The summed E-state index contributed by atoms with van der Waals surface area (Å²) in [5.41, 5.74) is 0. The maximum absolute atomic E-state index is 12.9. The lowest BCUT2D eigenvalue weighted by atomic mass is 10.0. The highest BCUT2D eigenvalue weighted by Crippen LogP contribution is 2.45. The molecule has 0 aromatic rings. The first-order valence-electron chi connectivity index (χ1n) is 31.1. The smallest absolute Gasteiger partial charge is 0.462 e. The number of esters is 4. The topological polar surface area (TPSA) is 237 Å². The zero-order chi connectivity index (χ0) is 57.8. The van der Waals surface area contributed by atoms with E-state index < -0.39 is 97.5 Å². The zero-order valence-electron chi connectivity index (χ0n) is 49.8. The minimum absolute atomic E-state index is 0.105. The second-order valence-electron chi connectivity index (χ2n) is 21.9. The number of aliphatic hydroxyl groups is 1. The Morgan fingerprint density at radius 3 is 0.872 bits per heavy atom. The van der Waals surface area contributed by atoms with Gasteiger partial charge in [-0.05, 0) is 31.6 Å². The third-order valence-electron chi connectivity index (χ3n) is 13.5. The van der Waals surface area contributed by atoms with Gasteiger partial charge in [-0.15, -0.1) is 0 Å². The monoisotopic (exact) mass is 1160 g/mol. The SMILES string of the molecule is CCCCCCCCCCCCCCCC(=O)O[C@H](COC(=O)CCCCCCCCCCC(C)C)COP(=O)(O)OC[C@@H](O)COP(=O)(O)OC[C@@H](COC(=O)CCCCCCC)OC(=O)CCCCCCCCCCC. The molecule has 0 aliphatic rings. The van der Waals surface area contributed by atoms with Gasteiger partial charge in [0.1, 0.15) is 19.3 Å². The standard InChI is InChI=1S/C59H114O17P2/c1-6-9-12-15-17-19-20-21-22-24-30-35-40-45-59(64)76-55(49-70-57(62)43-38-33-28-26-25-27-32-36-41-52(4)5)51-74-78(67,68)72-47-53(60)46-71-77(65,66)73-50-54(48-69-56(61)42-37-31-14-11-8-3)75-58(63)44-39-34-29-23-18-16-13-10-7-2/h52-55,60H,6-51H2,1-5H3,(H,65,66)(H,67,68)/t53-,54+,55+/m0/s1. The number of ether oxygens (including phenoxy) is 4. The van der Waals surface area contributed by atoms with Gasteiger partial charge in [0.25, 0.3) is 0 Å². The van der Waals surface area contributed by atoms with Crippen molar-refractivity contribution < 1.29 is 80.2 Å². The van der Waals surface area contributed by atoms with Crippen LogP contribution in [0, 0.1) is 5.92 Å². The molecule has 0 heterocycles. The highest BCUT2D eigenvalue weighted by Gasteiger charge is 2.30. The molecule has 2 unspecified atom stereocenters. The third kappa shape index (κ3) is 53.4. The van der Waals surface area contributed by atoms with E-state index in [0.717, 1.165) is 102 Å². The van der Waals surface area contributed by atoms with Crippen LogP contribution < -0.4 is 0 Å². The van der Waals surface area contributed by atoms with E-state index in [1.54, 1.807) is 0 Å². The molecule has 0 amide bonds. The predicted molar refractivity (Wildman–Crippen MR) is 308 cm³/mol. The van der Waals surface area contributed by atoms with Crippen LogP contribution in [0.3, 0.4) is 0 Å². The largest absolute Gasteiger partial charge is 0.472 e. The zero-order valence-corrected chi connectivity index (χ0v) is 51.6. The van der Waals surface area contributed by atoms with Crippen molar-refractivity contribution in [3.8, 4) is 0 Å². The molecule has 19 heteroatoms. The normalized spacial score (nSPS) is 14.4. The van der Waals surface area contributed by atoms with Gasteiger partial charge in [-0.25, -0.2) is 9.13 Å². The van der Waals surface area contributed by atoms with Gasteiger partial charge in [0.2, 0.25) is 0 Å². The molecular formula is C59H114O17P2. The molecule has 0 saturated carbocycles. The second kappa shape index (κ2) is 53.1. The average Bonchev–Trinajstić information content (AvgIpc) is 3.40. The first kappa shape index (κ1) is 76.1. The number of carbonyl (C=O) groups is 4. The first-order chi connectivity index (χ1) is 37.5. The maximum Gasteiger partial charge on any atom is 0.472 e. The molecule has 17 nitrogen and oxygen atoms in total. The summed E-state index contributed by atoms with van der Waals surface area (Å²) in [5.74, 6) is -1.42. The molecule has 0 fully saturated rings. The van der Waals surface area contributed by atoms with Gasteiger partial charge in [-0.1, -0.05) is 240 Å². The molecule has 0 radical (unpaired) electrons. The highest BCUT2D eigenvalue weighted by atomic mass is 31.2. The molecular weight excluding hydrogens is 1040 g/mol. The summed E-state index contributed by atoms with van der Waals surface area (Å²) in [6.07, 6.45) is 35.2. The quantitative estimate of drug-likeness (QED) is 0.0222. The minimum Gasteiger partial charge on any atom is -0.462 e. The van der Waals surface area contributed by atoms with Crippen LogP contribution in [0.4, 0.5) is 0 Å². The Morgan fingerprint density at radius 2 is 0.590 bits per heavy atom. The van der Waals surface area contributed by atoms with E-state index in [1.807, 2.05) is 0 Å². The molecule has 0 aliphatic carbocycles. The number of rotatable bonds is 59. The summed E-state index contributed by atoms with van der Waals surface area (Å²) in [4.78, 5) is 71.7. The molecule has 0 aliphatic heterocycles. The van der Waals surface area contributed by atoms with Crippen molar-refractivity contribution >= 4 is 39.5 Å². The summed E-state index contributed by atoms with van der Waals surface area (Å²) in [6.45, 7) is 7.02. The molecule has 0 aromatic heterocycles. The molecule has 0 spiro atoms. The van der Waals surface area contributed by atoms with Crippen molar-refractivity contribution in [2.45, 2.75) is 310 Å². The number of carbonyl (C=O) groups excluding carboxylic acids is 4. The van der Waals surface area contributed by atoms with Crippen LogP contribution in [0.2, 0.25) is 0 Å². The van der Waals surface area contributed by atoms with Gasteiger partial charge in [0, 0.05) is 25.7 Å². The van der Waals surface area contributed by atoms with Crippen LogP contribution in [0.1, 0.15) is 291 Å². The van der Waals surface area contributed by atoms with Gasteiger partial charge in [0.05, 0.1) is 26.4 Å². The Balaban J connectivity index is 5.18. The van der Waals surface area contributed by atoms with E-state index >= 15 is 0 Å². The van der Waals surface area contributed by atoms with Gasteiger partial charge in [-0.3, -0.25) is 37.3 Å². The second-order valence-corrected chi connectivity index (χ2v) is 24.8. The maximum atomic E-state index is 12.9. The number of phosphoric ester groups is 2. The fourth-order valence-electron chi connectivity index (χ4n) is 8.70. The van der Waals surface area contributed by atoms with Crippen molar-refractivity contribution in [3.05, 3.63) is 0 Å². The Labute approximate surface area is 473 Å². The summed E-state index contributed by atoms with van der Waals surface area (Å²) < 4.78 is 67.6. The van der Waals surface area contributed by atoms with Crippen molar-refractivity contribution in [2.75, 3.05) is 39.6 Å². The van der Waals surface area contributed by atoms with Gasteiger partial charge in [0.15, 0.2) is 12.2 Å². The number of aliphatic hydroxyl groups excluding tert-OH is 1. The Hall–Kier alpha value is -1.94. The van der Waals surface area contributed by atoms with E-state index in [4.69, 9.17) is 37.0 Å². The number of phosphoric acid groups is 2. The molecule has 5 atom stereocenters. The fraction of sp³-hybridized carbons (Fsp3) is 0.932. The van der Waals surface area contributed by atoms with E-state index in [-0.39, 0.29) is 25.7 Å². The Bertz CT molecular complexity index is 1530. The molecule has 462 valence electrons. The van der Waals surface area contributed by atoms with E-state index in [2.05, 4.69) is 34.6 Å². The molecule has 3 N–H and O–H groups in total. The summed E-state index contributed by atoms with van der Waals surface area (Å²) in [6, 6.07) is 0. The van der Waals surface area contributed by atoms with Crippen LogP contribution in [-0.4, -0.2) is 96.7 Å². The summed E-state index contributed by atoms with van der Waals surface area (Å²) >= 11 is 0. The molecule has 0 saturated heterocycles. The van der Waals surface area contributed by atoms with Crippen molar-refractivity contribution in [2.24, 2.45) is 5.92 Å². The van der Waals surface area contributed by atoms with Crippen molar-refractivity contribution in [1.29, 1.82) is 0 Å². The lowest BCUT2D eigenvalue weighted by Crippen LogP contribution is -2.30. The van der Waals surface area contributed by atoms with Crippen LogP contribution in [-0.2, 0) is 65.4 Å². The van der Waals surface area contributed by atoms with Gasteiger partial charge >= 0.3 is 39.5 Å². The molecule has 0 rings (SSSR count). The van der Waals surface area contributed by atoms with Crippen LogP contribution in [0.25, 0.3) is 0 Å². The van der Waals surface area contributed by atoms with E-state index in [9.17, 15) is 43.2 Å². The molecule has 78 heavy (non-hydrogen) atoms. The lowest BCUT2D eigenvalue weighted by molar-refractivity contribution is -0.161. The van der Waals surface area contributed by atoms with Crippen LogP contribution in [0.5, 0.6) is 0 Å². The lowest BCUT2D eigenvalue weighted by Gasteiger charge is -2.21. The number of hydrogen-bond acceptors (Lipinski definition) is 15. The molecule has 0 aromatic carbocycles. The summed E-state index contributed by atoms with van der Waals surface area (Å²) in [5, 5.41) is 10.5. The van der Waals surface area contributed by atoms with E-state index in [1.165, 1.54) is 109 Å². The minimum atomic E-state index is -4.94. The van der Waals surface area contributed by atoms with E-state index in [0.29, 0.717) is 25.7 Å². The number of unbranched alkanes of at least 4 members (excludes halogenated alkanes) is 31. The molecule has 0 bridgehead atoms. The first-order valence-corrected chi connectivity index (χ1v) is 34.1. The highest BCUT2D eigenvalue weighted by molar-refractivity contribution is 7.47. The van der Waals surface area contributed by atoms with Gasteiger partial charge < -0.3 is 33.8 Å². The third-order valence-corrected chi connectivity index (χ3v) is 15.4. The summed E-state index contributed by atoms with van der Waals surface area (Å²) in [7, 11) is -9.86. The van der Waals surface area contributed by atoms with Crippen LogP contribution >= 0.6 is 15.6 Å². The van der Waals surface area contributed by atoms with Crippen molar-refractivity contribution in [1.82, 2.24) is 0 Å². The van der Waals surface area contributed by atoms with Crippen LogP contribution in [0.15, 0.2) is 0 Å². The Morgan fingerprint density at radius 1 is 0.346 bits per heavy atom. The predicted octanol–water partition coefficient (Wildman–Crippen LogP) is 15.8. The van der Waals surface area contributed by atoms with Crippen molar-refractivity contribution in [3.63, 3.8) is 0 Å².